The van der Waals surface area contributed by atoms with Crippen LogP contribution < -0.4 is 5.32 Å². The van der Waals surface area contributed by atoms with Gasteiger partial charge in [0.1, 0.15) is 0 Å². The topological polar surface area (TPSA) is 101 Å². The summed E-state index contributed by atoms with van der Waals surface area (Å²) in [7, 11) is 0. The fourth-order valence-corrected chi connectivity index (χ4v) is 2.77. The Labute approximate surface area is 157 Å². The number of nitrogens with one attached hydrogen (secondary N) is 2. The molecule has 1 heterocycles. The van der Waals surface area contributed by atoms with Gasteiger partial charge >= 0.3 is 0 Å². The summed E-state index contributed by atoms with van der Waals surface area (Å²) >= 11 is 0. The van der Waals surface area contributed by atoms with E-state index in [2.05, 4.69) is 25.9 Å². The van der Waals surface area contributed by atoms with Crippen molar-refractivity contribution in [1.29, 1.82) is 0 Å². The van der Waals surface area contributed by atoms with E-state index in [0.717, 1.165) is 29.7 Å². The summed E-state index contributed by atoms with van der Waals surface area (Å²) in [6, 6.07) is 17.8. The number of amides is 1. The van der Waals surface area contributed by atoms with Gasteiger partial charge in [-0.05, 0) is 41.3 Å². The molecule has 7 heteroatoms. The van der Waals surface area contributed by atoms with Gasteiger partial charge in [-0.25, -0.2) is 0 Å². The van der Waals surface area contributed by atoms with Gasteiger partial charge in [0.15, 0.2) is 0 Å². The van der Waals surface area contributed by atoms with E-state index in [9.17, 15) is 9.59 Å². The number of carbonyl (C=O) groups is 2. The van der Waals surface area contributed by atoms with Crippen LogP contribution in [0.2, 0.25) is 0 Å². The van der Waals surface area contributed by atoms with E-state index in [1.165, 1.54) is 0 Å². The third kappa shape index (κ3) is 5.57. The Morgan fingerprint density at radius 2 is 1.67 bits per heavy atom. The van der Waals surface area contributed by atoms with Gasteiger partial charge in [0.25, 0.3) is 0 Å². The molecule has 0 fully saturated rings. The Kier molecular flexibility index (Phi) is 6.40. The van der Waals surface area contributed by atoms with Crippen molar-refractivity contribution in [3.8, 4) is 11.1 Å². The van der Waals surface area contributed by atoms with Gasteiger partial charge in [0, 0.05) is 18.5 Å². The number of unbranched alkanes of at least 4 members (excludes halogenated alkanes) is 2. The van der Waals surface area contributed by atoms with Crippen molar-refractivity contribution >= 4 is 17.4 Å². The molecular formula is C20H21N5O2. The molecule has 27 heavy (non-hydrogen) atoms. The average molecular weight is 363 g/mol. The van der Waals surface area contributed by atoms with E-state index in [1.54, 1.807) is 0 Å². The first-order chi connectivity index (χ1) is 13.2. The average Bonchev–Trinajstić information content (AvgIpc) is 3.23. The van der Waals surface area contributed by atoms with Crippen molar-refractivity contribution in [2.75, 3.05) is 5.32 Å². The van der Waals surface area contributed by atoms with E-state index < -0.39 is 0 Å². The van der Waals surface area contributed by atoms with Gasteiger partial charge < -0.3 is 5.32 Å². The zero-order chi connectivity index (χ0) is 18.9. The van der Waals surface area contributed by atoms with Crippen molar-refractivity contribution in [2.24, 2.45) is 0 Å². The number of benzene rings is 2. The van der Waals surface area contributed by atoms with Gasteiger partial charge in [-0.1, -0.05) is 48.9 Å². The molecule has 0 aliphatic heterocycles. The molecule has 1 aromatic heterocycles. The molecule has 0 radical (unpaired) electrons. The Bertz CT molecular complexity index is 878. The molecule has 0 aliphatic rings. The van der Waals surface area contributed by atoms with Gasteiger partial charge in [-0.2, -0.15) is 5.21 Å². The van der Waals surface area contributed by atoms with Crippen molar-refractivity contribution in [3.63, 3.8) is 0 Å². The normalized spacial score (nSPS) is 10.5. The highest BCUT2D eigenvalue weighted by atomic mass is 16.1. The molecule has 0 saturated carbocycles. The molecule has 0 unspecified atom stereocenters. The van der Waals surface area contributed by atoms with Gasteiger partial charge in [-0.3, -0.25) is 9.59 Å². The number of aromatic nitrogens is 4. The number of rotatable bonds is 9. The standard InChI is InChI=1S/C20H21N5O2/c26-18(20-22-24-25-23-20)12-5-2-6-13-19(27)21-17-11-7-10-16(14-17)15-8-3-1-4-9-15/h1,3-4,7-11,14H,2,5-6,12-13H2,(H,21,27)(H,22,23,24,25). The summed E-state index contributed by atoms with van der Waals surface area (Å²) < 4.78 is 0. The van der Waals surface area contributed by atoms with Crippen LogP contribution in [0.5, 0.6) is 0 Å². The Morgan fingerprint density at radius 3 is 2.44 bits per heavy atom. The largest absolute Gasteiger partial charge is 0.326 e. The summed E-state index contributed by atoms with van der Waals surface area (Å²) in [5.74, 6) is -0.0401. The van der Waals surface area contributed by atoms with E-state index in [4.69, 9.17) is 0 Å². The zero-order valence-corrected chi connectivity index (χ0v) is 14.9. The van der Waals surface area contributed by atoms with Crippen molar-refractivity contribution in [1.82, 2.24) is 20.6 Å². The molecule has 2 aromatic carbocycles. The summed E-state index contributed by atoms with van der Waals surface area (Å²) in [4.78, 5) is 23.9. The number of H-pyrrole nitrogens is 1. The molecule has 3 aromatic rings. The van der Waals surface area contributed by atoms with E-state index in [0.29, 0.717) is 19.3 Å². The summed E-state index contributed by atoms with van der Waals surface area (Å²) in [6.45, 7) is 0. The van der Waals surface area contributed by atoms with Crippen LogP contribution >= 0.6 is 0 Å². The summed E-state index contributed by atoms with van der Waals surface area (Å²) in [5, 5.41) is 15.9. The van der Waals surface area contributed by atoms with E-state index in [1.807, 2.05) is 54.6 Å². The van der Waals surface area contributed by atoms with Crippen LogP contribution in [0.4, 0.5) is 5.69 Å². The Hall–Kier alpha value is -3.35. The van der Waals surface area contributed by atoms with Crippen molar-refractivity contribution in [3.05, 3.63) is 60.4 Å². The lowest BCUT2D eigenvalue weighted by Gasteiger charge is -2.08. The minimum atomic E-state index is -0.133. The minimum Gasteiger partial charge on any atom is -0.326 e. The Balaban J connectivity index is 1.40. The second kappa shape index (κ2) is 9.38. The molecule has 0 bridgehead atoms. The number of ketones is 1. The lowest BCUT2D eigenvalue weighted by Crippen LogP contribution is -2.11. The van der Waals surface area contributed by atoms with Crippen LogP contribution in [0.25, 0.3) is 11.1 Å². The highest BCUT2D eigenvalue weighted by molar-refractivity contribution is 5.92. The first-order valence-electron chi connectivity index (χ1n) is 8.94. The number of aromatic amines is 1. The predicted molar refractivity (Wildman–Crippen MR) is 102 cm³/mol. The van der Waals surface area contributed by atoms with Gasteiger partial charge in [0.2, 0.25) is 17.5 Å². The Morgan fingerprint density at radius 1 is 0.889 bits per heavy atom. The van der Waals surface area contributed by atoms with Gasteiger partial charge in [-0.15, -0.1) is 10.2 Å². The molecule has 3 rings (SSSR count). The van der Waals surface area contributed by atoms with Gasteiger partial charge in [0.05, 0.1) is 0 Å². The number of hydrogen-bond donors (Lipinski definition) is 2. The number of Topliss-reactive ketones (excluding diaryl/α,β-unsaturated/α-hetero) is 1. The second-order valence-corrected chi connectivity index (χ2v) is 6.21. The smallest absolute Gasteiger partial charge is 0.240 e. The molecule has 7 nitrogen and oxygen atoms in total. The highest BCUT2D eigenvalue weighted by Gasteiger charge is 2.10. The number of nitrogens with zero attached hydrogens (tertiary/aromatic N) is 3. The van der Waals surface area contributed by atoms with Crippen LogP contribution in [0, 0.1) is 0 Å². The van der Waals surface area contributed by atoms with E-state index >= 15 is 0 Å². The third-order valence-electron chi connectivity index (χ3n) is 4.16. The molecule has 0 spiro atoms. The number of anilines is 1. The quantitative estimate of drug-likeness (QED) is 0.446. The van der Waals surface area contributed by atoms with Crippen LogP contribution in [-0.4, -0.2) is 32.3 Å². The second-order valence-electron chi connectivity index (χ2n) is 6.21. The molecule has 2 N–H and O–H groups in total. The molecule has 1 amide bonds. The summed E-state index contributed by atoms with van der Waals surface area (Å²) in [5.41, 5.74) is 2.96. The monoisotopic (exact) mass is 363 g/mol. The maximum Gasteiger partial charge on any atom is 0.240 e. The number of tetrazole rings is 1. The fourth-order valence-electron chi connectivity index (χ4n) is 2.77. The predicted octanol–water partition coefficient (Wildman–Crippen LogP) is 3.64. The third-order valence-corrected chi connectivity index (χ3v) is 4.16. The first kappa shape index (κ1) is 18.4. The molecule has 0 aliphatic carbocycles. The minimum absolute atomic E-state index is 0.0234. The highest BCUT2D eigenvalue weighted by Crippen LogP contribution is 2.22. The molecule has 0 saturated heterocycles. The first-order valence-corrected chi connectivity index (χ1v) is 8.94. The maximum absolute atomic E-state index is 12.1. The fraction of sp³-hybridized carbons (Fsp3) is 0.250. The molecular weight excluding hydrogens is 342 g/mol. The van der Waals surface area contributed by atoms with Crippen LogP contribution in [0.3, 0.4) is 0 Å². The SMILES string of the molecule is O=C(CCCCCC(=O)c1nn[nH]n1)Nc1cccc(-c2ccccc2)c1. The van der Waals surface area contributed by atoms with Crippen molar-refractivity contribution < 1.29 is 9.59 Å². The lowest BCUT2D eigenvalue weighted by atomic mass is 10.1. The number of carbonyl (C=O) groups excluding carboxylic acids is 2. The van der Waals surface area contributed by atoms with E-state index in [-0.39, 0.29) is 17.5 Å². The van der Waals surface area contributed by atoms with Crippen molar-refractivity contribution in [2.45, 2.75) is 32.1 Å². The van der Waals surface area contributed by atoms with Crippen LogP contribution in [-0.2, 0) is 4.79 Å². The molecule has 0 atom stereocenters. The zero-order valence-electron chi connectivity index (χ0n) is 14.9. The lowest BCUT2D eigenvalue weighted by molar-refractivity contribution is -0.116. The summed E-state index contributed by atoms with van der Waals surface area (Å²) in [6.07, 6.45) is 3.00. The molecule has 138 valence electrons. The number of hydrogen-bond acceptors (Lipinski definition) is 5. The van der Waals surface area contributed by atoms with Crippen LogP contribution in [0.1, 0.15) is 42.7 Å². The van der Waals surface area contributed by atoms with Crippen LogP contribution in [0.15, 0.2) is 54.6 Å². The maximum atomic E-state index is 12.1.